The molecule has 0 amide bonds. The van der Waals surface area contributed by atoms with Crippen LogP contribution in [0.1, 0.15) is 49.8 Å². The summed E-state index contributed by atoms with van der Waals surface area (Å²) >= 11 is 0. The molecule has 0 spiro atoms. The van der Waals surface area contributed by atoms with Gasteiger partial charge in [0.1, 0.15) is 5.82 Å². The van der Waals surface area contributed by atoms with Crippen LogP contribution in [-0.2, 0) is 0 Å². The summed E-state index contributed by atoms with van der Waals surface area (Å²) in [6.45, 7) is 4.84. The quantitative estimate of drug-likeness (QED) is 0.884. The molecule has 1 unspecified atom stereocenters. The average molecular weight is 278 g/mol. The van der Waals surface area contributed by atoms with Gasteiger partial charge in [-0.05, 0) is 57.6 Å². The zero-order valence-corrected chi connectivity index (χ0v) is 13.2. The Morgan fingerprint density at radius 1 is 1.30 bits per heavy atom. The molecule has 1 aliphatic rings. The Hall–Kier alpha value is -0.930. The van der Waals surface area contributed by atoms with Gasteiger partial charge in [-0.2, -0.15) is 0 Å². The molecule has 0 aliphatic heterocycles. The smallest absolute Gasteiger partial charge is 0.126 e. The van der Waals surface area contributed by atoms with Gasteiger partial charge in [-0.25, -0.2) is 4.39 Å². The van der Waals surface area contributed by atoms with Gasteiger partial charge in [-0.1, -0.05) is 31.9 Å². The number of hydrogen-bond acceptors (Lipinski definition) is 2. The minimum atomic E-state index is -0.0997. The molecule has 0 saturated heterocycles. The first-order chi connectivity index (χ1) is 9.51. The zero-order chi connectivity index (χ0) is 14.8. The van der Waals surface area contributed by atoms with Crippen molar-refractivity contribution in [1.29, 1.82) is 0 Å². The predicted octanol–water partition coefficient (Wildman–Crippen LogP) is 3.66. The van der Waals surface area contributed by atoms with E-state index in [2.05, 4.69) is 37.3 Å². The third kappa shape index (κ3) is 2.75. The van der Waals surface area contributed by atoms with Gasteiger partial charge in [-0.3, -0.25) is 0 Å². The standard InChI is InChI=1S/C17H27FN2/c1-5-19-16(14-9-8-13(2)15(18)12-14)17(20(3)4)10-6-7-11-17/h8-9,12,16,19H,5-7,10-11H2,1-4H3. The van der Waals surface area contributed by atoms with E-state index in [0.29, 0.717) is 5.56 Å². The van der Waals surface area contributed by atoms with E-state index in [1.165, 1.54) is 25.7 Å². The molecule has 2 rings (SSSR count). The Balaban J connectivity index is 2.41. The summed E-state index contributed by atoms with van der Waals surface area (Å²) < 4.78 is 14.0. The van der Waals surface area contributed by atoms with Crippen LogP contribution in [0.25, 0.3) is 0 Å². The zero-order valence-electron chi connectivity index (χ0n) is 13.2. The largest absolute Gasteiger partial charge is 0.309 e. The molecule has 1 fully saturated rings. The van der Waals surface area contributed by atoms with Crippen LogP contribution in [0.4, 0.5) is 4.39 Å². The molecule has 1 saturated carbocycles. The number of aryl methyl sites for hydroxylation is 1. The molecular weight excluding hydrogens is 251 g/mol. The highest BCUT2D eigenvalue weighted by molar-refractivity contribution is 5.29. The van der Waals surface area contributed by atoms with Crippen molar-refractivity contribution in [2.45, 2.75) is 51.1 Å². The second-order valence-electron chi connectivity index (χ2n) is 6.20. The van der Waals surface area contributed by atoms with Crippen molar-refractivity contribution in [3.8, 4) is 0 Å². The van der Waals surface area contributed by atoms with Gasteiger partial charge in [0.05, 0.1) is 6.04 Å². The highest BCUT2D eigenvalue weighted by Crippen LogP contribution is 2.43. The molecule has 1 aromatic rings. The molecule has 1 N–H and O–H groups in total. The van der Waals surface area contributed by atoms with E-state index in [-0.39, 0.29) is 17.4 Å². The van der Waals surface area contributed by atoms with Crippen LogP contribution in [0.3, 0.4) is 0 Å². The third-order valence-electron chi connectivity index (χ3n) is 4.83. The summed E-state index contributed by atoms with van der Waals surface area (Å²) in [6.07, 6.45) is 4.86. The number of rotatable bonds is 5. The molecule has 0 aromatic heterocycles. The number of halogens is 1. The molecule has 0 heterocycles. The van der Waals surface area contributed by atoms with Crippen molar-refractivity contribution in [2.24, 2.45) is 0 Å². The average Bonchev–Trinajstić information content (AvgIpc) is 2.90. The summed E-state index contributed by atoms with van der Waals surface area (Å²) in [5.74, 6) is -0.0997. The van der Waals surface area contributed by atoms with Crippen molar-refractivity contribution in [3.05, 3.63) is 35.1 Å². The molecule has 3 heteroatoms. The Morgan fingerprint density at radius 3 is 2.45 bits per heavy atom. The van der Waals surface area contributed by atoms with Crippen LogP contribution in [0.5, 0.6) is 0 Å². The first-order valence-corrected chi connectivity index (χ1v) is 7.68. The summed E-state index contributed by atoms with van der Waals surface area (Å²) in [7, 11) is 4.31. The molecule has 20 heavy (non-hydrogen) atoms. The van der Waals surface area contributed by atoms with Gasteiger partial charge in [0.2, 0.25) is 0 Å². The van der Waals surface area contributed by atoms with E-state index >= 15 is 0 Å². The maximum absolute atomic E-state index is 14.0. The highest BCUT2D eigenvalue weighted by atomic mass is 19.1. The van der Waals surface area contributed by atoms with Crippen LogP contribution >= 0.6 is 0 Å². The highest BCUT2D eigenvalue weighted by Gasteiger charge is 2.43. The number of nitrogens with zero attached hydrogens (tertiary/aromatic N) is 1. The molecule has 112 valence electrons. The van der Waals surface area contributed by atoms with Gasteiger partial charge >= 0.3 is 0 Å². The fraction of sp³-hybridized carbons (Fsp3) is 0.647. The lowest BCUT2D eigenvalue weighted by atomic mass is 9.82. The van der Waals surface area contributed by atoms with Gasteiger partial charge in [0.15, 0.2) is 0 Å². The lowest BCUT2D eigenvalue weighted by Crippen LogP contribution is -2.52. The first kappa shape index (κ1) is 15.5. The SMILES string of the molecule is CCNC(c1ccc(C)c(F)c1)C1(N(C)C)CCCC1. The normalized spacial score (nSPS) is 19.5. The van der Waals surface area contributed by atoms with E-state index < -0.39 is 0 Å². The number of likely N-dealkylation sites (N-methyl/N-ethyl adjacent to an activating group) is 2. The number of benzene rings is 1. The molecule has 1 aromatic carbocycles. The minimum Gasteiger partial charge on any atom is -0.309 e. The van der Waals surface area contributed by atoms with E-state index in [0.717, 1.165) is 12.1 Å². The van der Waals surface area contributed by atoms with E-state index in [1.807, 2.05) is 13.0 Å². The minimum absolute atomic E-state index is 0.0997. The summed E-state index contributed by atoms with van der Waals surface area (Å²) in [6, 6.07) is 5.88. The summed E-state index contributed by atoms with van der Waals surface area (Å²) in [5.41, 5.74) is 1.90. The van der Waals surface area contributed by atoms with Crippen molar-refractivity contribution in [3.63, 3.8) is 0 Å². The first-order valence-electron chi connectivity index (χ1n) is 7.68. The topological polar surface area (TPSA) is 15.3 Å². The number of hydrogen-bond donors (Lipinski definition) is 1. The maximum atomic E-state index is 14.0. The maximum Gasteiger partial charge on any atom is 0.126 e. The molecule has 0 radical (unpaired) electrons. The Bertz CT molecular complexity index is 450. The summed E-state index contributed by atoms with van der Waals surface area (Å²) in [4.78, 5) is 2.34. The predicted molar refractivity (Wildman–Crippen MR) is 82.4 cm³/mol. The van der Waals surface area contributed by atoms with Crippen molar-refractivity contribution in [1.82, 2.24) is 10.2 Å². The van der Waals surface area contributed by atoms with Gasteiger partial charge < -0.3 is 10.2 Å². The fourth-order valence-corrected chi connectivity index (χ4v) is 3.59. The van der Waals surface area contributed by atoms with Crippen LogP contribution in [0.2, 0.25) is 0 Å². The second-order valence-corrected chi connectivity index (χ2v) is 6.20. The van der Waals surface area contributed by atoms with Gasteiger partial charge in [0, 0.05) is 5.54 Å². The molecule has 1 atom stereocenters. The van der Waals surface area contributed by atoms with E-state index in [9.17, 15) is 4.39 Å². The van der Waals surface area contributed by atoms with Crippen LogP contribution < -0.4 is 5.32 Å². The third-order valence-corrected chi connectivity index (χ3v) is 4.83. The molecular formula is C17H27FN2. The van der Waals surface area contributed by atoms with Gasteiger partial charge in [0.25, 0.3) is 0 Å². The summed E-state index contributed by atoms with van der Waals surface area (Å²) in [5, 5.41) is 3.60. The Labute approximate surface area is 122 Å². The van der Waals surface area contributed by atoms with Crippen LogP contribution in [0.15, 0.2) is 18.2 Å². The second kappa shape index (κ2) is 6.23. The number of nitrogens with one attached hydrogen (secondary N) is 1. The fourth-order valence-electron chi connectivity index (χ4n) is 3.59. The monoisotopic (exact) mass is 278 g/mol. The van der Waals surface area contributed by atoms with Crippen molar-refractivity contribution < 1.29 is 4.39 Å². The van der Waals surface area contributed by atoms with Crippen LogP contribution in [-0.4, -0.2) is 31.1 Å². The lowest BCUT2D eigenvalue weighted by Gasteiger charge is -2.44. The Kier molecular flexibility index (Phi) is 4.82. The lowest BCUT2D eigenvalue weighted by molar-refractivity contribution is 0.105. The Morgan fingerprint density at radius 2 is 1.95 bits per heavy atom. The molecule has 1 aliphatic carbocycles. The van der Waals surface area contributed by atoms with Crippen molar-refractivity contribution >= 4 is 0 Å². The van der Waals surface area contributed by atoms with Crippen molar-refractivity contribution in [2.75, 3.05) is 20.6 Å². The van der Waals surface area contributed by atoms with E-state index in [1.54, 1.807) is 6.07 Å². The van der Waals surface area contributed by atoms with Gasteiger partial charge in [-0.15, -0.1) is 0 Å². The molecule has 0 bridgehead atoms. The molecule has 2 nitrogen and oxygen atoms in total. The van der Waals surface area contributed by atoms with E-state index in [4.69, 9.17) is 0 Å². The van der Waals surface area contributed by atoms with Crippen LogP contribution in [0, 0.1) is 12.7 Å².